The second-order valence-electron chi connectivity index (χ2n) is 5.82. The highest BCUT2D eigenvalue weighted by Gasteiger charge is 2.29. The standard InChI is InChI=1S/C18H14ClN5O2/c19-13-9-5-4-8-12(13)16(26)21-17-22-18-20-15(25)10-14(24(18)23-17)11-6-2-1-3-7-11/h1-9,14H,10H2,(H2,20,21,22,23,25,26). The molecule has 26 heavy (non-hydrogen) atoms. The van der Waals surface area contributed by atoms with Gasteiger partial charge in [0.25, 0.3) is 11.9 Å². The first-order valence-electron chi connectivity index (χ1n) is 7.99. The van der Waals surface area contributed by atoms with Crippen LogP contribution in [0, 0.1) is 0 Å². The van der Waals surface area contributed by atoms with Crippen LogP contribution in [0.4, 0.5) is 11.9 Å². The van der Waals surface area contributed by atoms with Crippen molar-refractivity contribution in [2.45, 2.75) is 12.5 Å². The van der Waals surface area contributed by atoms with Crippen LogP contribution in [0.5, 0.6) is 0 Å². The summed E-state index contributed by atoms with van der Waals surface area (Å²) in [5.41, 5.74) is 1.27. The van der Waals surface area contributed by atoms with Gasteiger partial charge in [0.15, 0.2) is 0 Å². The Kier molecular flexibility index (Phi) is 4.14. The van der Waals surface area contributed by atoms with Gasteiger partial charge >= 0.3 is 0 Å². The smallest absolute Gasteiger partial charge is 0.259 e. The van der Waals surface area contributed by atoms with Crippen molar-refractivity contribution < 1.29 is 9.59 Å². The van der Waals surface area contributed by atoms with Gasteiger partial charge in [-0.05, 0) is 17.7 Å². The van der Waals surface area contributed by atoms with Gasteiger partial charge < -0.3 is 0 Å². The largest absolute Gasteiger partial charge is 0.295 e. The third-order valence-corrected chi connectivity index (χ3v) is 4.41. The van der Waals surface area contributed by atoms with Crippen molar-refractivity contribution in [3.05, 3.63) is 70.7 Å². The van der Waals surface area contributed by atoms with Crippen LogP contribution >= 0.6 is 11.6 Å². The molecule has 0 saturated carbocycles. The van der Waals surface area contributed by atoms with Crippen molar-refractivity contribution in [2.75, 3.05) is 10.6 Å². The van der Waals surface area contributed by atoms with Gasteiger partial charge in [-0.1, -0.05) is 54.1 Å². The van der Waals surface area contributed by atoms with Gasteiger partial charge in [0.1, 0.15) is 0 Å². The molecule has 3 aromatic rings. The van der Waals surface area contributed by atoms with Crippen LogP contribution in [0.25, 0.3) is 0 Å². The second-order valence-corrected chi connectivity index (χ2v) is 6.22. The molecule has 2 N–H and O–H groups in total. The average Bonchev–Trinajstić information content (AvgIpc) is 3.04. The molecule has 1 atom stereocenters. The van der Waals surface area contributed by atoms with Crippen LogP contribution in [0.3, 0.4) is 0 Å². The normalized spacial score (nSPS) is 15.9. The maximum absolute atomic E-state index is 12.4. The first kappa shape index (κ1) is 16.3. The molecule has 1 unspecified atom stereocenters. The molecule has 2 aromatic carbocycles. The molecule has 0 spiro atoms. The lowest BCUT2D eigenvalue weighted by Gasteiger charge is -2.23. The zero-order valence-corrected chi connectivity index (χ0v) is 14.3. The lowest BCUT2D eigenvalue weighted by atomic mass is 10.0. The van der Waals surface area contributed by atoms with Crippen molar-refractivity contribution in [3.8, 4) is 0 Å². The fourth-order valence-electron chi connectivity index (χ4n) is 2.87. The van der Waals surface area contributed by atoms with Gasteiger partial charge in [-0.2, -0.15) is 4.98 Å². The van der Waals surface area contributed by atoms with E-state index in [1.165, 1.54) is 0 Å². The monoisotopic (exact) mass is 367 g/mol. The topological polar surface area (TPSA) is 88.9 Å². The highest BCUT2D eigenvalue weighted by atomic mass is 35.5. The fraction of sp³-hybridized carbons (Fsp3) is 0.111. The van der Waals surface area contributed by atoms with Crippen molar-refractivity contribution in [2.24, 2.45) is 0 Å². The molecular formula is C18H14ClN5O2. The third kappa shape index (κ3) is 3.04. The molecule has 1 aliphatic rings. The summed E-state index contributed by atoms with van der Waals surface area (Å²) >= 11 is 6.04. The number of carbonyl (C=O) groups is 2. The number of amides is 2. The number of hydrogen-bond donors (Lipinski definition) is 2. The van der Waals surface area contributed by atoms with E-state index in [2.05, 4.69) is 20.7 Å². The number of aromatic nitrogens is 3. The van der Waals surface area contributed by atoms with Crippen molar-refractivity contribution in [1.82, 2.24) is 14.8 Å². The Morgan fingerprint density at radius 3 is 2.65 bits per heavy atom. The lowest BCUT2D eigenvalue weighted by molar-refractivity contribution is -0.117. The Morgan fingerprint density at radius 2 is 1.88 bits per heavy atom. The molecule has 0 bridgehead atoms. The molecule has 7 nitrogen and oxygen atoms in total. The fourth-order valence-corrected chi connectivity index (χ4v) is 3.09. The van der Waals surface area contributed by atoms with Gasteiger partial charge in [0.05, 0.1) is 23.0 Å². The minimum Gasteiger partial charge on any atom is -0.295 e. The number of nitrogens with zero attached hydrogens (tertiary/aromatic N) is 3. The summed E-state index contributed by atoms with van der Waals surface area (Å²) < 4.78 is 1.61. The van der Waals surface area contributed by atoms with E-state index in [0.29, 0.717) is 16.5 Å². The van der Waals surface area contributed by atoms with Gasteiger partial charge in [-0.15, -0.1) is 5.10 Å². The minimum atomic E-state index is -0.416. The van der Waals surface area contributed by atoms with Crippen molar-refractivity contribution >= 4 is 35.3 Å². The average molecular weight is 368 g/mol. The number of fused-ring (bicyclic) bond motifs is 1. The first-order chi connectivity index (χ1) is 12.6. The molecular weight excluding hydrogens is 354 g/mol. The third-order valence-electron chi connectivity index (χ3n) is 4.08. The molecule has 8 heteroatoms. The number of nitrogens with one attached hydrogen (secondary N) is 2. The molecule has 0 fully saturated rings. The maximum Gasteiger partial charge on any atom is 0.259 e. The number of benzene rings is 2. The summed E-state index contributed by atoms with van der Waals surface area (Å²) in [6, 6.07) is 16.0. The minimum absolute atomic E-state index is 0.105. The van der Waals surface area contributed by atoms with E-state index in [9.17, 15) is 9.59 Å². The van der Waals surface area contributed by atoms with E-state index in [1.54, 1.807) is 28.9 Å². The molecule has 0 saturated heterocycles. The maximum atomic E-state index is 12.4. The summed E-state index contributed by atoms with van der Waals surface area (Å²) in [6.07, 6.45) is 0.248. The van der Waals surface area contributed by atoms with Crippen LogP contribution in [0.15, 0.2) is 54.6 Å². The predicted octanol–water partition coefficient (Wildman–Crippen LogP) is 3.12. The highest BCUT2D eigenvalue weighted by molar-refractivity contribution is 6.34. The van der Waals surface area contributed by atoms with E-state index in [1.807, 2.05) is 30.3 Å². The lowest BCUT2D eigenvalue weighted by Crippen LogP contribution is -2.29. The van der Waals surface area contributed by atoms with E-state index in [0.717, 1.165) is 5.56 Å². The molecule has 1 aliphatic heterocycles. The number of anilines is 2. The second kappa shape index (κ2) is 6.61. The van der Waals surface area contributed by atoms with Gasteiger partial charge in [0, 0.05) is 0 Å². The predicted molar refractivity (Wildman–Crippen MR) is 97.3 cm³/mol. The molecule has 2 amide bonds. The first-order valence-corrected chi connectivity index (χ1v) is 8.37. The summed E-state index contributed by atoms with van der Waals surface area (Å²) in [5.74, 6) is -0.165. The van der Waals surface area contributed by atoms with Crippen molar-refractivity contribution in [1.29, 1.82) is 0 Å². The van der Waals surface area contributed by atoms with Gasteiger partial charge in [0.2, 0.25) is 11.9 Å². The molecule has 0 aliphatic carbocycles. The van der Waals surface area contributed by atoms with Crippen LogP contribution in [-0.4, -0.2) is 26.6 Å². The SMILES string of the molecule is O=C1CC(c2ccccc2)n2nc(NC(=O)c3ccccc3Cl)nc2N1. The number of hydrogen-bond acceptors (Lipinski definition) is 4. The molecule has 4 rings (SSSR count). The van der Waals surface area contributed by atoms with Crippen molar-refractivity contribution in [3.63, 3.8) is 0 Å². The quantitative estimate of drug-likeness (QED) is 0.744. The summed E-state index contributed by atoms with van der Waals surface area (Å²) in [5, 5.41) is 9.99. The van der Waals surface area contributed by atoms with E-state index < -0.39 is 5.91 Å². The van der Waals surface area contributed by atoms with E-state index in [4.69, 9.17) is 11.6 Å². The zero-order valence-electron chi connectivity index (χ0n) is 13.5. The molecule has 2 heterocycles. The number of carbonyl (C=O) groups excluding carboxylic acids is 2. The number of rotatable bonds is 3. The highest BCUT2D eigenvalue weighted by Crippen LogP contribution is 2.29. The Balaban J connectivity index is 1.64. The molecule has 1 aromatic heterocycles. The van der Waals surface area contributed by atoms with E-state index >= 15 is 0 Å². The van der Waals surface area contributed by atoms with Crippen LogP contribution < -0.4 is 10.6 Å². The van der Waals surface area contributed by atoms with E-state index in [-0.39, 0.29) is 24.3 Å². The molecule has 0 radical (unpaired) electrons. The van der Waals surface area contributed by atoms with Gasteiger partial charge in [-0.3, -0.25) is 20.2 Å². The molecule has 130 valence electrons. The van der Waals surface area contributed by atoms with Crippen LogP contribution in [0.1, 0.15) is 28.4 Å². The Bertz CT molecular complexity index is 986. The Labute approximate surface area is 154 Å². The van der Waals surface area contributed by atoms with Gasteiger partial charge in [-0.25, -0.2) is 4.68 Å². The summed E-state index contributed by atoms with van der Waals surface area (Å²) in [6.45, 7) is 0. The summed E-state index contributed by atoms with van der Waals surface area (Å²) in [4.78, 5) is 28.6. The Hall–Kier alpha value is -3.19. The van der Waals surface area contributed by atoms with Crippen LogP contribution in [0.2, 0.25) is 5.02 Å². The summed E-state index contributed by atoms with van der Waals surface area (Å²) in [7, 11) is 0. The zero-order chi connectivity index (χ0) is 18.1. The number of halogens is 1. The van der Waals surface area contributed by atoms with Crippen LogP contribution in [-0.2, 0) is 4.79 Å². The Morgan fingerprint density at radius 1 is 1.15 bits per heavy atom.